The van der Waals surface area contributed by atoms with E-state index in [9.17, 15) is 18.0 Å². The van der Waals surface area contributed by atoms with Gasteiger partial charge >= 0.3 is 6.18 Å². The highest BCUT2D eigenvalue weighted by Crippen LogP contribution is 2.34. The number of benzene rings is 2. The lowest BCUT2D eigenvalue weighted by molar-refractivity contribution is -0.137. The molecule has 174 valence electrons. The molecule has 1 aliphatic heterocycles. The van der Waals surface area contributed by atoms with Crippen molar-refractivity contribution in [1.29, 1.82) is 0 Å². The second-order valence-corrected chi connectivity index (χ2v) is 8.93. The number of amides is 1. The van der Waals surface area contributed by atoms with Gasteiger partial charge in [-0.15, -0.1) is 10.2 Å². The van der Waals surface area contributed by atoms with Crippen LogP contribution >= 0.6 is 23.4 Å². The fourth-order valence-electron chi connectivity index (χ4n) is 3.59. The lowest BCUT2D eigenvalue weighted by Gasteiger charge is -2.16. The number of halogens is 4. The van der Waals surface area contributed by atoms with Crippen molar-refractivity contribution < 1.29 is 18.0 Å². The van der Waals surface area contributed by atoms with Crippen LogP contribution in [-0.4, -0.2) is 44.4 Å². The van der Waals surface area contributed by atoms with Crippen LogP contribution in [0.2, 0.25) is 5.02 Å². The van der Waals surface area contributed by atoms with Crippen molar-refractivity contribution in [2.45, 2.75) is 30.7 Å². The van der Waals surface area contributed by atoms with Gasteiger partial charge < -0.3 is 5.32 Å². The molecule has 1 amide bonds. The van der Waals surface area contributed by atoms with Gasteiger partial charge in [-0.25, -0.2) is 0 Å². The maximum Gasteiger partial charge on any atom is 0.416 e. The Morgan fingerprint density at radius 3 is 2.52 bits per heavy atom. The van der Waals surface area contributed by atoms with Crippen LogP contribution in [0.25, 0.3) is 5.69 Å². The first kappa shape index (κ1) is 23.6. The first-order chi connectivity index (χ1) is 15.8. The van der Waals surface area contributed by atoms with E-state index in [2.05, 4.69) is 20.4 Å². The Hall–Kier alpha value is -2.56. The summed E-state index contributed by atoms with van der Waals surface area (Å²) in [5.41, 5.74) is -0.0953. The third-order valence-corrected chi connectivity index (χ3v) is 6.44. The van der Waals surface area contributed by atoms with Gasteiger partial charge in [0, 0.05) is 5.69 Å². The Morgan fingerprint density at radius 2 is 1.82 bits per heavy atom. The summed E-state index contributed by atoms with van der Waals surface area (Å²) in [7, 11) is 0. The number of nitrogens with zero attached hydrogens (tertiary/aromatic N) is 4. The number of rotatable bonds is 7. The van der Waals surface area contributed by atoms with Crippen LogP contribution in [0.3, 0.4) is 0 Å². The zero-order valence-corrected chi connectivity index (χ0v) is 19.1. The van der Waals surface area contributed by atoms with Crippen molar-refractivity contribution in [3.05, 3.63) is 64.9 Å². The maximum absolute atomic E-state index is 13.0. The molecule has 1 saturated heterocycles. The number of aromatic nitrogens is 3. The molecular formula is C22H21ClF3N5OS. The normalized spacial score (nSPS) is 14.5. The third-order valence-electron chi connectivity index (χ3n) is 5.18. The third kappa shape index (κ3) is 5.87. The highest BCUT2D eigenvalue weighted by Gasteiger charge is 2.31. The van der Waals surface area contributed by atoms with Gasteiger partial charge in [-0.2, -0.15) is 13.2 Å². The average Bonchev–Trinajstić information content (AvgIpc) is 3.44. The Labute approximate surface area is 198 Å². The van der Waals surface area contributed by atoms with E-state index in [1.54, 1.807) is 0 Å². The Morgan fingerprint density at radius 1 is 1.09 bits per heavy atom. The van der Waals surface area contributed by atoms with E-state index in [1.807, 2.05) is 34.9 Å². The van der Waals surface area contributed by atoms with Gasteiger partial charge in [-0.05, 0) is 56.3 Å². The Kier molecular flexibility index (Phi) is 7.26. The molecule has 2 heterocycles. The lowest BCUT2D eigenvalue weighted by Crippen LogP contribution is -2.21. The first-order valence-electron chi connectivity index (χ1n) is 10.3. The Bertz CT molecular complexity index is 1120. The number of carbonyl (C=O) groups is 1. The highest BCUT2D eigenvalue weighted by atomic mass is 35.5. The van der Waals surface area contributed by atoms with Crippen molar-refractivity contribution in [3.63, 3.8) is 0 Å². The summed E-state index contributed by atoms with van der Waals surface area (Å²) in [5, 5.41) is 11.6. The van der Waals surface area contributed by atoms with Crippen molar-refractivity contribution in [2.24, 2.45) is 0 Å². The summed E-state index contributed by atoms with van der Waals surface area (Å²) in [6.45, 7) is 2.66. The van der Waals surface area contributed by atoms with Gasteiger partial charge in [0.05, 0.1) is 28.6 Å². The summed E-state index contributed by atoms with van der Waals surface area (Å²) >= 11 is 7.13. The molecule has 1 aromatic heterocycles. The molecule has 1 aliphatic rings. The molecular weight excluding hydrogens is 475 g/mol. The van der Waals surface area contributed by atoms with Gasteiger partial charge in [0.1, 0.15) is 0 Å². The van der Waals surface area contributed by atoms with Crippen LogP contribution in [0.1, 0.15) is 24.2 Å². The van der Waals surface area contributed by atoms with Crippen molar-refractivity contribution >= 4 is 35.0 Å². The fraction of sp³-hybridized carbons (Fsp3) is 0.318. The van der Waals surface area contributed by atoms with E-state index in [-0.39, 0.29) is 16.5 Å². The highest BCUT2D eigenvalue weighted by molar-refractivity contribution is 7.99. The molecule has 0 aliphatic carbocycles. The largest absolute Gasteiger partial charge is 0.416 e. The van der Waals surface area contributed by atoms with Crippen molar-refractivity contribution in [1.82, 2.24) is 19.7 Å². The van der Waals surface area contributed by atoms with Gasteiger partial charge in [-0.3, -0.25) is 14.3 Å². The van der Waals surface area contributed by atoms with Crippen molar-refractivity contribution in [2.75, 3.05) is 24.2 Å². The number of hydrogen-bond donors (Lipinski definition) is 1. The topological polar surface area (TPSA) is 63.1 Å². The minimum absolute atomic E-state index is 0.0294. The number of para-hydroxylation sites is 1. The second-order valence-electron chi connectivity index (χ2n) is 7.58. The number of carbonyl (C=O) groups excluding carboxylic acids is 1. The summed E-state index contributed by atoms with van der Waals surface area (Å²) in [6.07, 6.45) is -2.23. The maximum atomic E-state index is 13.0. The molecule has 0 radical (unpaired) electrons. The number of likely N-dealkylation sites (tertiary alicyclic amines) is 1. The zero-order chi connectivity index (χ0) is 23.4. The molecule has 0 saturated carbocycles. The van der Waals surface area contributed by atoms with Gasteiger partial charge in [0.2, 0.25) is 5.91 Å². The van der Waals surface area contributed by atoms with Crippen LogP contribution in [0.5, 0.6) is 0 Å². The summed E-state index contributed by atoms with van der Waals surface area (Å²) in [5.74, 6) is 0.207. The van der Waals surface area contributed by atoms with Crippen LogP contribution in [0.15, 0.2) is 53.7 Å². The molecule has 1 N–H and O–H groups in total. The average molecular weight is 496 g/mol. The van der Waals surface area contributed by atoms with E-state index < -0.39 is 17.6 Å². The molecule has 11 heteroatoms. The number of alkyl halides is 3. The monoisotopic (exact) mass is 495 g/mol. The molecule has 6 nitrogen and oxygen atoms in total. The second kappa shape index (κ2) is 10.1. The molecule has 0 spiro atoms. The van der Waals surface area contributed by atoms with E-state index in [4.69, 9.17) is 11.6 Å². The van der Waals surface area contributed by atoms with E-state index in [1.165, 1.54) is 0 Å². The van der Waals surface area contributed by atoms with Crippen LogP contribution in [0, 0.1) is 0 Å². The summed E-state index contributed by atoms with van der Waals surface area (Å²) < 4.78 is 40.8. The quantitative estimate of drug-likeness (QED) is 0.453. The minimum atomic E-state index is -4.53. The molecule has 33 heavy (non-hydrogen) atoms. The van der Waals surface area contributed by atoms with Crippen LogP contribution < -0.4 is 5.32 Å². The number of hydrogen-bond acceptors (Lipinski definition) is 5. The molecule has 3 aromatic rings. The van der Waals surface area contributed by atoms with E-state index in [0.717, 1.165) is 67.4 Å². The Balaban J connectivity index is 1.49. The summed E-state index contributed by atoms with van der Waals surface area (Å²) in [6, 6.07) is 12.4. The van der Waals surface area contributed by atoms with Crippen molar-refractivity contribution in [3.8, 4) is 5.69 Å². The molecule has 4 rings (SSSR count). The standard InChI is InChI=1S/C22H21ClF3N5OS/c23-17-9-8-15(22(24,25)26)12-18(17)27-20(32)14-33-21-29-28-19(13-30-10-4-5-11-30)31(21)16-6-2-1-3-7-16/h1-3,6-9,12H,4-5,10-11,13-14H2,(H,27,32). The zero-order valence-electron chi connectivity index (χ0n) is 17.5. The number of anilines is 1. The fourth-order valence-corrected chi connectivity index (χ4v) is 4.52. The van der Waals surface area contributed by atoms with Gasteiger partial charge in [-0.1, -0.05) is 41.6 Å². The minimum Gasteiger partial charge on any atom is -0.324 e. The molecule has 2 aromatic carbocycles. The molecule has 0 bridgehead atoms. The van der Waals surface area contributed by atoms with E-state index in [0.29, 0.717) is 11.7 Å². The van der Waals surface area contributed by atoms with Gasteiger partial charge in [0.25, 0.3) is 0 Å². The molecule has 0 unspecified atom stereocenters. The van der Waals surface area contributed by atoms with Gasteiger partial charge in [0.15, 0.2) is 11.0 Å². The number of nitrogens with one attached hydrogen (secondary N) is 1. The predicted octanol–water partition coefficient (Wildman–Crippen LogP) is 5.27. The molecule has 1 fully saturated rings. The lowest BCUT2D eigenvalue weighted by atomic mass is 10.2. The first-order valence-corrected chi connectivity index (χ1v) is 11.7. The SMILES string of the molecule is O=C(CSc1nnc(CN2CCCC2)n1-c1ccccc1)Nc1cc(C(F)(F)F)ccc1Cl. The van der Waals surface area contributed by atoms with Crippen LogP contribution in [-0.2, 0) is 17.5 Å². The predicted molar refractivity (Wildman–Crippen MR) is 122 cm³/mol. The molecule has 0 atom stereocenters. The van der Waals surface area contributed by atoms with Crippen LogP contribution in [0.4, 0.5) is 18.9 Å². The number of thioether (sulfide) groups is 1. The van der Waals surface area contributed by atoms with E-state index >= 15 is 0 Å². The smallest absolute Gasteiger partial charge is 0.324 e. The summed E-state index contributed by atoms with van der Waals surface area (Å²) in [4.78, 5) is 14.8.